The van der Waals surface area contributed by atoms with Crippen LogP contribution in [-0.2, 0) is 13.1 Å². The highest BCUT2D eigenvalue weighted by Crippen LogP contribution is 2.15. The molecule has 3 N–H and O–H groups in total. The van der Waals surface area contributed by atoms with Crippen molar-refractivity contribution in [1.82, 2.24) is 10.1 Å². The van der Waals surface area contributed by atoms with E-state index in [0.29, 0.717) is 24.8 Å². The van der Waals surface area contributed by atoms with Crippen molar-refractivity contribution < 1.29 is 9.63 Å². The first-order valence-corrected chi connectivity index (χ1v) is 5.76. The molecule has 0 saturated carbocycles. The van der Waals surface area contributed by atoms with Gasteiger partial charge in [-0.25, -0.2) is 0 Å². The van der Waals surface area contributed by atoms with E-state index in [4.69, 9.17) is 15.4 Å². The molecule has 0 bridgehead atoms. The Morgan fingerprint density at radius 2 is 2.00 bits per heavy atom. The minimum absolute atomic E-state index is 0. The predicted octanol–water partition coefficient (Wildman–Crippen LogP) is 0.949. The van der Waals surface area contributed by atoms with E-state index >= 15 is 0 Å². The van der Waals surface area contributed by atoms with Gasteiger partial charge in [0.15, 0.2) is 5.82 Å². The van der Waals surface area contributed by atoms with E-state index in [9.17, 15) is 0 Å². The van der Waals surface area contributed by atoms with Gasteiger partial charge in [0.25, 0.3) is 0 Å². The molecule has 104 valence electrons. The fraction of sp³-hybridized carbons (Fsp3) is 0.333. The second kappa shape index (κ2) is 7.73. The highest BCUT2D eigenvalue weighted by Gasteiger charge is 2.11. The summed E-state index contributed by atoms with van der Waals surface area (Å²) in [6, 6.07) is 9.78. The second-order valence-corrected chi connectivity index (χ2v) is 3.79. The van der Waals surface area contributed by atoms with Crippen molar-refractivity contribution in [2.75, 3.05) is 18.1 Å². The van der Waals surface area contributed by atoms with Crippen LogP contribution in [0.25, 0.3) is 0 Å². The number of anilines is 1. The molecule has 0 aliphatic heterocycles. The first-order valence-electron chi connectivity index (χ1n) is 5.76. The van der Waals surface area contributed by atoms with E-state index in [0.717, 1.165) is 5.69 Å². The summed E-state index contributed by atoms with van der Waals surface area (Å²) in [6.07, 6.45) is 0. The Labute approximate surface area is 117 Å². The van der Waals surface area contributed by atoms with Crippen molar-refractivity contribution in [3.8, 4) is 0 Å². The summed E-state index contributed by atoms with van der Waals surface area (Å²) in [5, 5.41) is 12.9. The first kappa shape index (κ1) is 15.4. The fourth-order valence-electron chi connectivity index (χ4n) is 1.67. The molecule has 0 fully saturated rings. The Morgan fingerprint density at radius 3 is 2.58 bits per heavy atom. The van der Waals surface area contributed by atoms with E-state index in [1.807, 2.05) is 35.2 Å². The van der Waals surface area contributed by atoms with Gasteiger partial charge in [0.05, 0.1) is 19.7 Å². The highest BCUT2D eigenvalue weighted by molar-refractivity contribution is 5.85. The minimum atomic E-state index is 0. The Hall–Kier alpha value is -1.63. The molecule has 0 unspecified atom stereocenters. The number of benzene rings is 1. The molecule has 1 aromatic carbocycles. The Kier molecular flexibility index (Phi) is 6.27. The lowest BCUT2D eigenvalue weighted by atomic mass is 10.3. The molecule has 0 amide bonds. The number of para-hydroxylation sites is 1. The van der Waals surface area contributed by atoms with E-state index < -0.39 is 0 Å². The monoisotopic (exact) mass is 284 g/mol. The van der Waals surface area contributed by atoms with Crippen LogP contribution in [0.4, 0.5) is 5.69 Å². The maximum Gasteiger partial charge on any atom is 0.240 e. The third kappa shape index (κ3) is 4.20. The molecule has 0 atom stereocenters. The van der Waals surface area contributed by atoms with Crippen LogP contribution < -0.4 is 10.6 Å². The van der Waals surface area contributed by atoms with Crippen molar-refractivity contribution in [2.45, 2.75) is 13.1 Å². The van der Waals surface area contributed by atoms with E-state index in [1.165, 1.54) is 0 Å². The van der Waals surface area contributed by atoms with Crippen LogP contribution in [0.5, 0.6) is 0 Å². The maximum absolute atomic E-state index is 9.10. The molecule has 0 aliphatic rings. The molecular weight excluding hydrogens is 268 g/mol. The van der Waals surface area contributed by atoms with Gasteiger partial charge >= 0.3 is 0 Å². The summed E-state index contributed by atoms with van der Waals surface area (Å²) in [5.41, 5.74) is 6.42. The lowest BCUT2D eigenvalue weighted by molar-refractivity contribution is 0.300. The number of nitrogens with two attached hydrogens (primary N) is 1. The van der Waals surface area contributed by atoms with E-state index in [2.05, 4.69) is 10.1 Å². The van der Waals surface area contributed by atoms with Gasteiger partial charge in [0.2, 0.25) is 5.89 Å². The van der Waals surface area contributed by atoms with E-state index in [1.54, 1.807) is 0 Å². The summed E-state index contributed by atoms with van der Waals surface area (Å²) in [5.74, 6) is 0.981. The number of aliphatic hydroxyl groups excluding tert-OH is 1. The smallest absolute Gasteiger partial charge is 0.240 e. The van der Waals surface area contributed by atoms with Crippen LogP contribution in [0.3, 0.4) is 0 Å². The molecule has 1 aromatic heterocycles. The van der Waals surface area contributed by atoms with Gasteiger partial charge in [-0.05, 0) is 12.1 Å². The average molecular weight is 285 g/mol. The molecule has 0 aliphatic carbocycles. The van der Waals surface area contributed by atoms with Crippen LogP contribution in [0.15, 0.2) is 34.9 Å². The molecule has 2 aromatic rings. The van der Waals surface area contributed by atoms with Gasteiger partial charge in [-0.3, -0.25) is 0 Å². The molecular formula is C12H17ClN4O2. The van der Waals surface area contributed by atoms with Gasteiger partial charge < -0.3 is 20.3 Å². The lowest BCUT2D eigenvalue weighted by Gasteiger charge is -2.21. The minimum Gasteiger partial charge on any atom is -0.395 e. The van der Waals surface area contributed by atoms with Crippen molar-refractivity contribution >= 4 is 18.1 Å². The van der Waals surface area contributed by atoms with Crippen LogP contribution in [-0.4, -0.2) is 28.4 Å². The van der Waals surface area contributed by atoms with Gasteiger partial charge in [0, 0.05) is 12.2 Å². The zero-order chi connectivity index (χ0) is 12.8. The SMILES string of the molecule is Cl.NCc1nc(CN(CCO)c2ccccc2)no1. The highest BCUT2D eigenvalue weighted by atomic mass is 35.5. The van der Waals surface area contributed by atoms with E-state index in [-0.39, 0.29) is 25.6 Å². The third-order valence-corrected chi connectivity index (χ3v) is 2.51. The Balaban J connectivity index is 0.00000180. The van der Waals surface area contributed by atoms with Crippen LogP contribution in [0.1, 0.15) is 11.7 Å². The quantitative estimate of drug-likeness (QED) is 0.821. The Morgan fingerprint density at radius 1 is 1.26 bits per heavy atom. The van der Waals surface area contributed by atoms with Crippen LogP contribution >= 0.6 is 12.4 Å². The van der Waals surface area contributed by atoms with Crippen molar-refractivity contribution in [3.05, 3.63) is 42.0 Å². The molecule has 0 saturated heterocycles. The molecule has 0 radical (unpaired) electrons. The summed E-state index contributed by atoms with van der Waals surface area (Å²) in [7, 11) is 0. The van der Waals surface area contributed by atoms with Crippen molar-refractivity contribution in [3.63, 3.8) is 0 Å². The number of halogens is 1. The largest absolute Gasteiger partial charge is 0.395 e. The topological polar surface area (TPSA) is 88.4 Å². The second-order valence-electron chi connectivity index (χ2n) is 3.79. The van der Waals surface area contributed by atoms with Crippen molar-refractivity contribution in [1.29, 1.82) is 0 Å². The van der Waals surface area contributed by atoms with Gasteiger partial charge in [-0.1, -0.05) is 23.4 Å². The fourth-order valence-corrected chi connectivity index (χ4v) is 1.67. The summed E-state index contributed by atoms with van der Waals surface area (Å²) >= 11 is 0. The summed E-state index contributed by atoms with van der Waals surface area (Å²) in [6.45, 7) is 1.29. The number of nitrogens with zero attached hydrogens (tertiary/aromatic N) is 3. The van der Waals surface area contributed by atoms with Crippen LogP contribution in [0, 0.1) is 0 Å². The number of hydrogen-bond donors (Lipinski definition) is 2. The predicted molar refractivity (Wildman–Crippen MR) is 74.0 cm³/mol. The number of rotatable bonds is 6. The molecule has 6 nitrogen and oxygen atoms in total. The standard InChI is InChI=1S/C12H16N4O2.ClH/c13-8-12-14-11(15-18-12)9-16(6-7-17)10-4-2-1-3-5-10;/h1-5,17H,6-9,13H2;1H. The van der Waals surface area contributed by atoms with Gasteiger partial charge in [0.1, 0.15) is 0 Å². The number of aromatic nitrogens is 2. The molecule has 19 heavy (non-hydrogen) atoms. The normalized spacial score (nSPS) is 10.0. The Bertz CT molecular complexity index is 478. The summed E-state index contributed by atoms with van der Waals surface area (Å²) in [4.78, 5) is 6.13. The van der Waals surface area contributed by atoms with Crippen molar-refractivity contribution in [2.24, 2.45) is 5.73 Å². The molecule has 0 spiro atoms. The zero-order valence-electron chi connectivity index (χ0n) is 10.4. The molecule has 1 heterocycles. The maximum atomic E-state index is 9.10. The average Bonchev–Trinajstić information content (AvgIpc) is 2.87. The van der Waals surface area contributed by atoms with Gasteiger partial charge in [-0.15, -0.1) is 12.4 Å². The first-order chi connectivity index (χ1) is 8.83. The summed E-state index contributed by atoms with van der Waals surface area (Å²) < 4.78 is 4.95. The van der Waals surface area contributed by atoms with Gasteiger partial charge in [-0.2, -0.15) is 4.98 Å². The molecule has 2 rings (SSSR count). The zero-order valence-corrected chi connectivity index (χ0v) is 11.2. The molecule has 7 heteroatoms. The number of aliphatic hydroxyl groups is 1. The van der Waals surface area contributed by atoms with Crippen LogP contribution in [0.2, 0.25) is 0 Å². The third-order valence-electron chi connectivity index (χ3n) is 2.51. The lowest BCUT2D eigenvalue weighted by Crippen LogP contribution is -2.26. The number of hydrogen-bond acceptors (Lipinski definition) is 6.